The molecule has 1 fully saturated rings. The minimum atomic E-state index is -0.138. The average molecular weight is 380 g/mol. The molecule has 1 N–H and O–H groups in total. The lowest BCUT2D eigenvalue weighted by molar-refractivity contribution is -0.116. The van der Waals surface area contributed by atoms with Crippen molar-refractivity contribution in [3.8, 4) is 11.5 Å². The number of benzene rings is 2. The first-order valence-corrected chi connectivity index (χ1v) is 9.77. The van der Waals surface area contributed by atoms with E-state index in [9.17, 15) is 9.59 Å². The van der Waals surface area contributed by atoms with Crippen LogP contribution in [0.15, 0.2) is 48.5 Å². The Bertz CT molecular complexity index is 844. The molecule has 0 aliphatic carbocycles. The predicted molar refractivity (Wildman–Crippen MR) is 106 cm³/mol. The lowest BCUT2D eigenvalue weighted by atomic mass is 10.1. The molecule has 0 aromatic heterocycles. The molecule has 2 aliphatic heterocycles. The zero-order valence-corrected chi connectivity index (χ0v) is 15.7. The van der Waals surface area contributed by atoms with Crippen molar-refractivity contribution in [2.45, 2.75) is 31.8 Å². The standard InChI is InChI=1S/C22H24N2O4/c25-21(12-11-18-15-27-19-5-1-2-6-20(19)28-18)23-17-9-7-16(8-10-17)22(26)24-13-3-4-14-24/h1-2,5-10,18H,3-4,11-15H2,(H,23,25)/t18-/m1/s1. The van der Waals surface area contributed by atoms with Crippen molar-refractivity contribution in [3.05, 3.63) is 54.1 Å². The highest BCUT2D eigenvalue weighted by atomic mass is 16.6. The largest absolute Gasteiger partial charge is 0.486 e. The van der Waals surface area contributed by atoms with Crippen LogP contribution in [0.3, 0.4) is 0 Å². The van der Waals surface area contributed by atoms with Gasteiger partial charge in [0.05, 0.1) is 0 Å². The number of ether oxygens (including phenoxy) is 2. The van der Waals surface area contributed by atoms with Crippen LogP contribution in [0, 0.1) is 0 Å². The van der Waals surface area contributed by atoms with E-state index in [1.807, 2.05) is 29.2 Å². The normalized spacial score (nSPS) is 18.0. The van der Waals surface area contributed by atoms with Gasteiger partial charge in [0.2, 0.25) is 5.91 Å². The molecule has 2 aliphatic rings. The Morgan fingerprint density at radius 2 is 1.71 bits per heavy atom. The highest BCUT2D eigenvalue weighted by molar-refractivity contribution is 5.96. The molecule has 2 amide bonds. The topological polar surface area (TPSA) is 67.9 Å². The van der Waals surface area contributed by atoms with E-state index >= 15 is 0 Å². The van der Waals surface area contributed by atoms with E-state index < -0.39 is 0 Å². The van der Waals surface area contributed by atoms with Gasteiger partial charge in [0.15, 0.2) is 11.5 Å². The van der Waals surface area contributed by atoms with E-state index in [2.05, 4.69) is 5.32 Å². The van der Waals surface area contributed by atoms with Gasteiger partial charge >= 0.3 is 0 Å². The van der Waals surface area contributed by atoms with Crippen molar-refractivity contribution in [2.24, 2.45) is 0 Å². The minimum absolute atomic E-state index is 0.0603. The third-order valence-corrected chi connectivity index (χ3v) is 5.07. The summed E-state index contributed by atoms with van der Waals surface area (Å²) in [5, 5.41) is 2.88. The molecule has 6 heteroatoms. The van der Waals surface area contributed by atoms with Crippen LogP contribution < -0.4 is 14.8 Å². The van der Waals surface area contributed by atoms with Gasteiger partial charge in [0, 0.05) is 30.8 Å². The molecule has 4 rings (SSSR count). The Balaban J connectivity index is 1.25. The van der Waals surface area contributed by atoms with Crippen LogP contribution in [0.2, 0.25) is 0 Å². The fraction of sp³-hybridized carbons (Fsp3) is 0.364. The Labute approximate surface area is 164 Å². The lowest BCUT2D eigenvalue weighted by Gasteiger charge is -2.26. The summed E-state index contributed by atoms with van der Waals surface area (Å²) in [5.74, 6) is 1.44. The Morgan fingerprint density at radius 3 is 2.46 bits per heavy atom. The van der Waals surface area contributed by atoms with E-state index in [0.29, 0.717) is 30.7 Å². The second kappa shape index (κ2) is 8.33. The van der Waals surface area contributed by atoms with Crippen LogP contribution in [-0.4, -0.2) is 42.5 Å². The number of carbonyl (C=O) groups is 2. The molecule has 2 aromatic carbocycles. The summed E-state index contributed by atoms with van der Waals surface area (Å²) in [6.45, 7) is 2.10. The summed E-state index contributed by atoms with van der Waals surface area (Å²) in [6.07, 6.45) is 2.92. The van der Waals surface area contributed by atoms with Crippen LogP contribution in [-0.2, 0) is 4.79 Å². The van der Waals surface area contributed by atoms with Gasteiger partial charge in [0.25, 0.3) is 5.91 Å². The number of nitrogens with zero attached hydrogens (tertiary/aromatic N) is 1. The summed E-state index contributed by atoms with van der Waals surface area (Å²) < 4.78 is 11.5. The maximum atomic E-state index is 12.4. The number of para-hydroxylation sites is 2. The molecular weight excluding hydrogens is 356 g/mol. The molecule has 2 aromatic rings. The van der Waals surface area contributed by atoms with E-state index in [4.69, 9.17) is 9.47 Å². The number of fused-ring (bicyclic) bond motifs is 1. The van der Waals surface area contributed by atoms with Crippen molar-refractivity contribution < 1.29 is 19.1 Å². The fourth-order valence-corrected chi connectivity index (χ4v) is 3.52. The zero-order chi connectivity index (χ0) is 19.3. The van der Waals surface area contributed by atoms with E-state index in [-0.39, 0.29) is 17.9 Å². The molecule has 0 unspecified atom stereocenters. The van der Waals surface area contributed by atoms with Crippen molar-refractivity contribution in [1.82, 2.24) is 4.90 Å². The predicted octanol–water partition coefficient (Wildman–Crippen LogP) is 3.48. The smallest absolute Gasteiger partial charge is 0.253 e. The lowest BCUT2D eigenvalue weighted by Crippen LogP contribution is -2.30. The molecule has 1 saturated heterocycles. The van der Waals surface area contributed by atoms with Crippen LogP contribution >= 0.6 is 0 Å². The molecule has 28 heavy (non-hydrogen) atoms. The summed E-state index contributed by atoms with van der Waals surface area (Å²) in [5.41, 5.74) is 1.35. The quantitative estimate of drug-likeness (QED) is 0.862. The highest BCUT2D eigenvalue weighted by Gasteiger charge is 2.22. The number of nitrogens with one attached hydrogen (secondary N) is 1. The van der Waals surface area contributed by atoms with Crippen LogP contribution in [0.4, 0.5) is 5.69 Å². The number of amides is 2. The van der Waals surface area contributed by atoms with Gasteiger partial charge in [-0.15, -0.1) is 0 Å². The van der Waals surface area contributed by atoms with Gasteiger partial charge in [-0.1, -0.05) is 12.1 Å². The fourth-order valence-electron chi connectivity index (χ4n) is 3.52. The minimum Gasteiger partial charge on any atom is -0.486 e. The molecule has 6 nitrogen and oxygen atoms in total. The average Bonchev–Trinajstić information content (AvgIpc) is 3.27. The molecule has 0 spiro atoms. The first-order chi connectivity index (χ1) is 13.7. The monoisotopic (exact) mass is 380 g/mol. The van der Waals surface area contributed by atoms with Crippen molar-refractivity contribution in [1.29, 1.82) is 0 Å². The number of rotatable bonds is 5. The van der Waals surface area contributed by atoms with Gasteiger partial charge in [-0.25, -0.2) is 0 Å². The molecule has 2 heterocycles. The number of carbonyl (C=O) groups excluding carboxylic acids is 2. The maximum absolute atomic E-state index is 12.4. The summed E-state index contributed by atoms with van der Waals surface area (Å²) >= 11 is 0. The summed E-state index contributed by atoms with van der Waals surface area (Å²) in [7, 11) is 0. The van der Waals surface area contributed by atoms with Crippen molar-refractivity contribution in [2.75, 3.05) is 25.0 Å². The van der Waals surface area contributed by atoms with Gasteiger partial charge in [-0.2, -0.15) is 0 Å². The number of hydrogen-bond donors (Lipinski definition) is 1. The Hall–Kier alpha value is -3.02. The van der Waals surface area contributed by atoms with E-state index in [1.165, 1.54) is 0 Å². The van der Waals surface area contributed by atoms with E-state index in [1.54, 1.807) is 24.3 Å². The first kappa shape index (κ1) is 18.3. The van der Waals surface area contributed by atoms with Crippen LogP contribution in [0.5, 0.6) is 11.5 Å². The third kappa shape index (κ3) is 4.27. The second-order valence-corrected chi connectivity index (χ2v) is 7.16. The third-order valence-electron chi connectivity index (χ3n) is 5.07. The summed E-state index contributed by atoms with van der Waals surface area (Å²) in [6, 6.07) is 14.6. The Morgan fingerprint density at radius 1 is 1.00 bits per heavy atom. The summed E-state index contributed by atoms with van der Waals surface area (Å²) in [4.78, 5) is 26.5. The van der Waals surface area contributed by atoms with Gasteiger partial charge in [-0.05, 0) is 55.7 Å². The van der Waals surface area contributed by atoms with Gasteiger partial charge in [0.1, 0.15) is 12.7 Å². The molecule has 146 valence electrons. The molecular formula is C22H24N2O4. The molecule has 1 atom stereocenters. The van der Waals surface area contributed by atoms with Crippen molar-refractivity contribution in [3.63, 3.8) is 0 Å². The van der Waals surface area contributed by atoms with Crippen LogP contribution in [0.25, 0.3) is 0 Å². The molecule has 0 bridgehead atoms. The zero-order valence-electron chi connectivity index (χ0n) is 15.7. The molecule has 0 radical (unpaired) electrons. The maximum Gasteiger partial charge on any atom is 0.253 e. The number of hydrogen-bond acceptors (Lipinski definition) is 4. The van der Waals surface area contributed by atoms with Gasteiger partial charge < -0.3 is 19.7 Å². The number of anilines is 1. The highest BCUT2D eigenvalue weighted by Crippen LogP contribution is 2.31. The SMILES string of the molecule is O=C(CC[C@@H]1COc2ccccc2O1)Nc1ccc(C(=O)N2CCCC2)cc1. The Kier molecular flexibility index (Phi) is 5.46. The number of likely N-dealkylation sites (tertiary alicyclic amines) is 1. The molecule has 0 saturated carbocycles. The van der Waals surface area contributed by atoms with Crippen LogP contribution in [0.1, 0.15) is 36.0 Å². The second-order valence-electron chi connectivity index (χ2n) is 7.16. The first-order valence-electron chi connectivity index (χ1n) is 9.77. The van der Waals surface area contributed by atoms with E-state index in [0.717, 1.165) is 37.4 Å². The van der Waals surface area contributed by atoms with Gasteiger partial charge in [-0.3, -0.25) is 9.59 Å². The van der Waals surface area contributed by atoms with Crippen molar-refractivity contribution >= 4 is 17.5 Å².